The van der Waals surface area contributed by atoms with Gasteiger partial charge in [-0.1, -0.05) is 12.1 Å². The third kappa shape index (κ3) is 2.13. The first-order valence-corrected chi connectivity index (χ1v) is 5.90. The van der Waals surface area contributed by atoms with Crippen LogP contribution >= 0.6 is 0 Å². The molecule has 5 nitrogen and oxygen atoms in total. The highest BCUT2D eigenvalue weighted by Gasteiger charge is 2.10. The molecule has 0 spiro atoms. The number of aromatic nitrogens is 4. The van der Waals surface area contributed by atoms with Crippen molar-refractivity contribution in [3.05, 3.63) is 35.2 Å². The smallest absolute Gasteiger partial charge is 0.179 e. The third-order valence-electron chi connectivity index (χ3n) is 3.02. The van der Waals surface area contributed by atoms with E-state index in [-0.39, 0.29) is 0 Å². The lowest BCUT2D eigenvalue weighted by atomic mass is 10.00. The molecule has 5 heteroatoms. The van der Waals surface area contributed by atoms with Crippen LogP contribution in [0, 0.1) is 0 Å². The average Bonchev–Trinajstić information content (AvgIpc) is 2.75. The molecule has 0 aliphatic carbocycles. The molecular formula is C12H15N5. The van der Waals surface area contributed by atoms with Gasteiger partial charge in [-0.05, 0) is 35.2 Å². The van der Waals surface area contributed by atoms with Gasteiger partial charge in [-0.25, -0.2) is 0 Å². The fraction of sp³-hybridized carbons (Fsp3) is 0.417. The molecular weight excluding hydrogens is 214 g/mol. The monoisotopic (exact) mass is 229 g/mol. The molecule has 0 amide bonds. The molecule has 1 aromatic heterocycles. The molecule has 0 fully saturated rings. The molecule has 17 heavy (non-hydrogen) atoms. The molecule has 0 atom stereocenters. The summed E-state index contributed by atoms with van der Waals surface area (Å²) in [7, 11) is 1.78. The van der Waals surface area contributed by atoms with Gasteiger partial charge in [-0.15, -0.1) is 10.2 Å². The molecule has 1 aliphatic heterocycles. The number of tetrazole rings is 1. The Hall–Kier alpha value is -1.91. The quantitative estimate of drug-likeness (QED) is 0.839. The Morgan fingerprint density at radius 2 is 2.35 bits per heavy atom. The van der Waals surface area contributed by atoms with Crippen LogP contribution in [-0.2, 0) is 19.9 Å². The Labute approximate surface area is 99.8 Å². The Bertz CT molecular complexity index is 531. The van der Waals surface area contributed by atoms with Crippen LogP contribution in [-0.4, -0.2) is 26.8 Å². The van der Waals surface area contributed by atoms with Gasteiger partial charge in [0.15, 0.2) is 5.82 Å². The topological polar surface area (TPSA) is 55.6 Å². The maximum atomic E-state index is 4.19. The van der Waals surface area contributed by atoms with Crippen LogP contribution in [0.5, 0.6) is 0 Å². The van der Waals surface area contributed by atoms with Crippen molar-refractivity contribution in [2.75, 3.05) is 11.9 Å². The van der Waals surface area contributed by atoms with E-state index in [9.17, 15) is 0 Å². The molecule has 0 radical (unpaired) electrons. The molecule has 0 saturated heterocycles. The summed E-state index contributed by atoms with van der Waals surface area (Å²) in [6.07, 6.45) is 3.13. The van der Waals surface area contributed by atoms with E-state index in [1.54, 1.807) is 7.05 Å². The van der Waals surface area contributed by atoms with Gasteiger partial charge in [0.25, 0.3) is 0 Å². The summed E-state index contributed by atoms with van der Waals surface area (Å²) in [6.45, 7) is 1.07. The van der Waals surface area contributed by atoms with E-state index in [0.717, 1.165) is 18.8 Å². The second-order valence-corrected chi connectivity index (χ2v) is 4.39. The van der Waals surface area contributed by atoms with Gasteiger partial charge in [0.05, 0.1) is 7.05 Å². The first-order chi connectivity index (χ1) is 8.31. The second kappa shape index (κ2) is 4.16. The zero-order valence-electron chi connectivity index (χ0n) is 9.85. The van der Waals surface area contributed by atoms with Crippen molar-refractivity contribution in [2.45, 2.75) is 19.3 Å². The lowest BCUT2D eigenvalue weighted by Gasteiger charge is -2.18. The van der Waals surface area contributed by atoms with Crippen LogP contribution in [0.15, 0.2) is 18.2 Å². The summed E-state index contributed by atoms with van der Waals surface area (Å²) < 4.78 is 0. The number of nitrogens with one attached hydrogen (secondary N) is 1. The standard InChI is InChI=1S/C12H15N5/c1-17-15-12(14-16-17)8-9-4-5-10-3-2-6-13-11(10)7-9/h4-5,7,13H,2-3,6,8H2,1H3. The molecule has 1 aliphatic rings. The SMILES string of the molecule is Cn1nnc(Cc2ccc3c(c2)NCCC3)n1. The number of rotatable bonds is 2. The van der Waals surface area contributed by atoms with Gasteiger partial charge in [0.1, 0.15) is 0 Å². The zero-order valence-corrected chi connectivity index (χ0v) is 9.85. The Morgan fingerprint density at radius 1 is 1.41 bits per heavy atom. The van der Waals surface area contributed by atoms with Gasteiger partial charge in [-0.2, -0.15) is 4.80 Å². The van der Waals surface area contributed by atoms with Crippen LogP contribution in [0.25, 0.3) is 0 Å². The minimum Gasteiger partial charge on any atom is -0.385 e. The maximum absolute atomic E-state index is 4.19. The summed E-state index contributed by atoms with van der Waals surface area (Å²) in [5.41, 5.74) is 3.90. The first-order valence-electron chi connectivity index (χ1n) is 5.90. The predicted molar refractivity (Wildman–Crippen MR) is 64.9 cm³/mol. The van der Waals surface area contributed by atoms with Crippen molar-refractivity contribution in [3.63, 3.8) is 0 Å². The van der Waals surface area contributed by atoms with Crippen molar-refractivity contribution in [3.8, 4) is 0 Å². The highest BCUT2D eigenvalue weighted by molar-refractivity contribution is 5.55. The van der Waals surface area contributed by atoms with Gasteiger partial charge in [0, 0.05) is 18.7 Å². The fourth-order valence-corrected chi connectivity index (χ4v) is 2.19. The largest absolute Gasteiger partial charge is 0.385 e. The molecule has 88 valence electrons. The van der Waals surface area contributed by atoms with E-state index in [1.807, 2.05) is 0 Å². The number of anilines is 1. The van der Waals surface area contributed by atoms with Crippen LogP contribution in [0.4, 0.5) is 5.69 Å². The highest BCUT2D eigenvalue weighted by Crippen LogP contribution is 2.23. The molecule has 0 saturated carbocycles. The van der Waals surface area contributed by atoms with Crippen molar-refractivity contribution in [1.29, 1.82) is 0 Å². The Balaban J connectivity index is 1.84. The molecule has 1 aromatic carbocycles. The lowest BCUT2D eigenvalue weighted by molar-refractivity contribution is 0.628. The summed E-state index contributed by atoms with van der Waals surface area (Å²) in [4.78, 5) is 1.49. The normalized spacial score (nSPS) is 14.2. The number of fused-ring (bicyclic) bond motifs is 1. The summed E-state index contributed by atoms with van der Waals surface area (Å²) in [5.74, 6) is 0.767. The molecule has 3 rings (SSSR count). The van der Waals surface area contributed by atoms with Gasteiger partial charge in [-0.3, -0.25) is 0 Å². The Morgan fingerprint density at radius 3 is 3.18 bits per heavy atom. The molecule has 0 unspecified atom stereocenters. The summed E-state index contributed by atoms with van der Waals surface area (Å²) >= 11 is 0. The maximum Gasteiger partial charge on any atom is 0.179 e. The molecule has 2 aromatic rings. The van der Waals surface area contributed by atoms with Gasteiger partial charge < -0.3 is 5.32 Å². The highest BCUT2D eigenvalue weighted by atomic mass is 15.6. The van der Waals surface area contributed by atoms with E-state index >= 15 is 0 Å². The van der Waals surface area contributed by atoms with Crippen molar-refractivity contribution in [2.24, 2.45) is 7.05 Å². The number of aryl methyl sites for hydroxylation is 2. The van der Waals surface area contributed by atoms with Crippen LogP contribution in [0.1, 0.15) is 23.4 Å². The number of nitrogens with zero attached hydrogens (tertiary/aromatic N) is 4. The minimum atomic E-state index is 0.739. The summed E-state index contributed by atoms with van der Waals surface area (Å²) in [6, 6.07) is 6.56. The van der Waals surface area contributed by atoms with Crippen molar-refractivity contribution < 1.29 is 0 Å². The van der Waals surface area contributed by atoms with Gasteiger partial charge >= 0.3 is 0 Å². The molecule has 1 N–H and O–H groups in total. The minimum absolute atomic E-state index is 0.739. The number of benzene rings is 1. The van der Waals surface area contributed by atoms with Crippen molar-refractivity contribution in [1.82, 2.24) is 20.2 Å². The van der Waals surface area contributed by atoms with E-state index in [4.69, 9.17) is 0 Å². The van der Waals surface area contributed by atoms with Crippen LogP contribution in [0.2, 0.25) is 0 Å². The van der Waals surface area contributed by atoms with E-state index < -0.39 is 0 Å². The number of hydrogen-bond donors (Lipinski definition) is 1. The second-order valence-electron chi connectivity index (χ2n) is 4.39. The van der Waals surface area contributed by atoms with Gasteiger partial charge in [0.2, 0.25) is 0 Å². The van der Waals surface area contributed by atoms with Crippen LogP contribution < -0.4 is 5.32 Å². The lowest BCUT2D eigenvalue weighted by Crippen LogP contribution is -2.11. The molecule has 0 bridgehead atoms. The fourth-order valence-electron chi connectivity index (χ4n) is 2.19. The van der Waals surface area contributed by atoms with E-state index in [0.29, 0.717) is 0 Å². The zero-order chi connectivity index (χ0) is 11.7. The third-order valence-corrected chi connectivity index (χ3v) is 3.02. The first kappa shape index (κ1) is 10.3. The Kier molecular flexibility index (Phi) is 2.51. The summed E-state index contributed by atoms with van der Waals surface area (Å²) in [5, 5.41) is 15.5. The number of hydrogen-bond acceptors (Lipinski definition) is 4. The van der Waals surface area contributed by atoms with E-state index in [1.165, 1.54) is 34.5 Å². The predicted octanol–water partition coefficient (Wildman–Crippen LogP) is 1.16. The average molecular weight is 229 g/mol. The molecule has 2 heterocycles. The van der Waals surface area contributed by atoms with Crippen LogP contribution in [0.3, 0.4) is 0 Å². The van der Waals surface area contributed by atoms with E-state index in [2.05, 4.69) is 38.9 Å². The van der Waals surface area contributed by atoms with Crippen molar-refractivity contribution >= 4 is 5.69 Å².